The van der Waals surface area contributed by atoms with E-state index in [-0.39, 0.29) is 17.6 Å². The number of carbonyl (C=O) groups is 2. The van der Waals surface area contributed by atoms with Crippen LogP contribution in [0.2, 0.25) is 0 Å². The van der Waals surface area contributed by atoms with Gasteiger partial charge in [-0.15, -0.1) is 11.3 Å². The van der Waals surface area contributed by atoms with Gasteiger partial charge in [-0.1, -0.05) is 0 Å². The fourth-order valence-corrected chi connectivity index (χ4v) is 5.81. The summed E-state index contributed by atoms with van der Waals surface area (Å²) in [6.07, 6.45) is 2.24. The first-order valence-electron chi connectivity index (χ1n) is 9.04. The molecule has 0 bridgehead atoms. The molecule has 28 heavy (non-hydrogen) atoms. The zero-order chi connectivity index (χ0) is 20.1. The van der Waals surface area contributed by atoms with E-state index < -0.39 is 10.0 Å². The van der Waals surface area contributed by atoms with Crippen LogP contribution < -0.4 is 5.32 Å². The van der Waals surface area contributed by atoms with E-state index in [9.17, 15) is 18.0 Å². The number of nitrogens with zero attached hydrogens (tertiary/aromatic N) is 2. The van der Waals surface area contributed by atoms with Crippen LogP contribution in [0.4, 0.5) is 0 Å². The standard InChI is InChI=1S/C18H23N3O5S2/c1-14-6-7-17(27-14)28(24,25)21-11-9-20(10-12-21)16(22)5-2-8-19-18(23)15-4-3-13-26-15/h3-4,6-7,13H,2,5,8-12H2,1H3,(H,19,23). The first kappa shape index (κ1) is 20.6. The van der Waals surface area contributed by atoms with Crippen LogP contribution in [0.1, 0.15) is 28.3 Å². The van der Waals surface area contributed by atoms with Gasteiger partial charge in [-0.25, -0.2) is 8.42 Å². The Labute approximate surface area is 168 Å². The van der Waals surface area contributed by atoms with Crippen molar-refractivity contribution in [2.24, 2.45) is 0 Å². The third-order valence-electron chi connectivity index (χ3n) is 4.50. The molecule has 2 aromatic rings. The number of rotatable bonds is 7. The first-order chi connectivity index (χ1) is 13.4. The fraction of sp³-hybridized carbons (Fsp3) is 0.444. The van der Waals surface area contributed by atoms with Crippen molar-refractivity contribution >= 4 is 33.2 Å². The molecule has 8 nitrogen and oxygen atoms in total. The maximum atomic E-state index is 12.6. The molecule has 0 spiro atoms. The topological polar surface area (TPSA) is 99.9 Å². The van der Waals surface area contributed by atoms with Crippen LogP contribution in [-0.4, -0.2) is 62.2 Å². The second-order valence-electron chi connectivity index (χ2n) is 6.49. The minimum absolute atomic E-state index is 0.0312. The normalized spacial score (nSPS) is 15.5. The summed E-state index contributed by atoms with van der Waals surface area (Å²) >= 11 is 1.26. The molecule has 0 radical (unpaired) electrons. The molecule has 3 heterocycles. The van der Waals surface area contributed by atoms with E-state index in [0.717, 1.165) is 4.88 Å². The van der Waals surface area contributed by atoms with Gasteiger partial charge in [-0.05, 0) is 37.6 Å². The Bertz CT molecular complexity index is 913. The highest BCUT2D eigenvalue weighted by molar-refractivity contribution is 7.91. The van der Waals surface area contributed by atoms with E-state index in [2.05, 4.69) is 5.32 Å². The maximum absolute atomic E-state index is 12.6. The van der Waals surface area contributed by atoms with Crippen molar-refractivity contribution in [1.82, 2.24) is 14.5 Å². The number of nitrogens with one attached hydrogen (secondary N) is 1. The highest BCUT2D eigenvalue weighted by Gasteiger charge is 2.30. The van der Waals surface area contributed by atoms with E-state index >= 15 is 0 Å². The minimum Gasteiger partial charge on any atom is -0.459 e. The van der Waals surface area contributed by atoms with E-state index in [1.807, 2.05) is 6.92 Å². The highest BCUT2D eigenvalue weighted by atomic mass is 32.2. The van der Waals surface area contributed by atoms with Crippen LogP contribution >= 0.6 is 11.3 Å². The SMILES string of the molecule is Cc1ccc(S(=O)(=O)N2CCN(C(=O)CCCNC(=O)c3ccco3)CC2)s1. The number of hydrogen-bond donors (Lipinski definition) is 1. The molecule has 0 saturated carbocycles. The van der Waals surface area contributed by atoms with Crippen LogP contribution in [0.5, 0.6) is 0 Å². The molecule has 10 heteroatoms. The summed E-state index contributed by atoms with van der Waals surface area (Å²) in [6.45, 7) is 3.58. The Morgan fingerprint density at radius 1 is 1.18 bits per heavy atom. The molecule has 1 aliphatic rings. The lowest BCUT2D eigenvalue weighted by atomic mass is 10.2. The third kappa shape index (κ3) is 4.81. The average Bonchev–Trinajstić information content (AvgIpc) is 3.37. The van der Waals surface area contributed by atoms with Gasteiger partial charge in [0.05, 0.1) is 6.26 Å². The monoisotopic (exact) mass is 425 g/mol. The molecular weight excluding hydrogens is 402 g/mol. The number of furan rings is 1. The highest BCUT2D eigenvalue weighted by Crippen LogP contribution is 2.25. The Morgan fingerprint density at radius 3 is 2.54 bits per heavy atom. The van der Waals surface area contributed by atoms with Gasteiger partial charge in [-0.2, -0.15) is 4.31 Å². The number of thiophene rings is 1. The molecule has 0 aliphatic carbocycles. The summed E-state index contributed by atoms with van der Waals surface area (Å²) in [6, 6.07) is 6.63. The molecular formula is C18H23N3O5S2. The molecule has 1 N–H and O–H groups in total. The summed E-state index contributed by atoms with van der Waals surface area (Å²) in [5, 5.41) is 2.70. The number of hydrogen-bond acceptors (Lipinski definition) is 6. The lowest BCUT2D eigenvalue weighted by Crippen LogP contribution is -2.50. The number of amides is 2. The summed E-state index contributed by atoms with van der Waals surface area (Å²) in [7, 11) is -3.48. The zero-order valence-electron chi connectivity index (χ0n) is 15.6. The van der Waals surface area contributed by atoms with Gasteiger partial charge in [0.2, 0.25) is 5.91 Å². The first-order valence-corrected chi connectivity index (χ1v) is 11.3. The van der Waals surface area contributed by atoms with Crippen LogP contribution in [0, 0.1) is 6.92 Å². The molecule has 2 amide bonds. The van der Waals surface area contributed by atoms with Crippen molar-refractivity contribution in [3.8, 4) is 0 Å². The minimum atomic E-state index is -3.48. The van der Waals surface area contributed by atoms with Gasteiger partial charge in [0.1, 0.15) is 4.21 Å². The van der Waals surface area contributed by atoms with E-state index in [0.29, 0.717) is 49.8 Å². The van der Waals surface area contributed by atoms with Crippen LogP contribution in [-0.2, 0) is 14.8 Å². The molecule has 3 rings (SSSR count). The predicted octanol–water partition coefficient (Wildman–Crippen LogP) is 1.69. The Kier molecular flexibility index (Phi) is 6.53. The lowest BCUT2D eigenvalue weighted by Gasteiger charge is -2.33. The molecule has 0 unspecified atom stereocenters. The van der Waals surface area contributed by atoms with Gasteiger partial charge in [-0.3, -0.25) is 9.59 Å². The van der Waals surface area contributed by atoms with Crippen molar-refractivity contribution in [3.63, 3.8) is 0 Å². The van der Waals surface area contributed by atoms with Crippen molar-refractivity contribution < 1.29 is 22.4 Å². The van der Waals surface area contributed by atoms with Crippen LogP contribution in [0.15, 0.2) is 39.2 Å². The Hall–Kier alpha value is -2.17. The average molecular weight is 426 g/mol. The molecule has 0 aromatic carbocycles. The Morgan fingerprint density at radius 2 is 1.93 bits per heavy atom. The number of sulfonamides is 1. The predicted molar refractivity (Wildman–Crippen MR) is 105 cm³/mol. The Balaban J connectivity index is 1.41. The summed E-state index contributed by atoms with van der Waals surface area (Å²) in [5.74, 6) is -0.0964. The van der Waals surface area contributed by atoms with Crippen molar-refractivity contribution in [1.29, 1.82) is 0 Å². The molecule has 2 aromatic heterocycles. The quantitative estimate of drug-likeness (QED) is 0.681. The maximum Gasteiger partial charge on any atom is 0.286 e. The van der Waals surface area contributed by atoms with Gasteiger partial charge in [0.15, 0.2) is 5.76 Å². The summed E-state index contributed by atoms with van der Waals surface area (Å²) in [4.78, 5) is 26.7. The fourth-order valence-electron chi connectivity index (χ4n) is 2.95. The zero-order valence-corrected chi connectivity index (χ0v) is 17.2. The molecule has 1 fully saturated rings. The summed E-state index contributed by atoms with van der Waals surface area (Å²) in [5.41, 5.74) is 0. The number of piperazine rings is 1. The van der Waals surface area contributed by atoms with Gasteiger partial charge in [0, 0.05) is 44.0 Å². The van der Waals surface area contributed by atoms with E-state index in [4.69, 9.17) is 4.42 Å². The second kappa shape index (κ2) is 8.89. The third-order valence-corrected chi connectivity index (χ3v) is 7.87. The van der Waals surface area contributed by atoms with Crippen molar-refractivity contribution in [2.45, 2.75) is 24.0 Å². The smallest absolute Gasteiger partial charge is 0.286 e. The van der Waals surface area contributed by atoms with Gasteiger partial charge < -0.3 is 14.6 Å². The lowest BCUT2D eigenvalue weighted by molar-refractivity contribution is -0.132. The molecule has 0 atom stereocenters. The molecule has 1 aliphatic heterocycles. The van der Waals surface area contributed by atoms with E-state index in [1.165, 1.54) is 21.9 Å². The molecule has 152 valence electrons. The van der Waals surface area contributed by atoms with Crippen molar-refractivity contribution in [3.05, 3.63) is 41.2 Å². The number of carbonyl (C=O) groups excluding carboxylic acids is 2. The second-order valence-corrected chi connectivity index (χ2v) is 9.94. The van der Waals surface area contributed by atoms with Gasteiger partial charge in [0.25, 0.3) is 15.9 Å². The van der Waals surface area contributed by atoms with Crippen LogP contribution in [0.25, 0.3) is 0 Å². The largest absolute Gasteiger partial charge is 0.459 e. The summed E-state index contributed by atoms with van der Waals surface area (Å²) < 4.78 is 32.0. The van der Waals surface area contributed by atoms with E-state index in [1.54, 1.807) is 29.2 Å². The molecule has 1 saturated heterocycles. The van der Waals surface area contributed by atoms with Gasteiger partial charge >= 0.3 is 0 Å². The number of aryl methyl sites for hydroxylation is 1. The van der Waals surface area contributed by atoms with Crippen molar-refractivity contribution in [2.75, 3.05) is 32.7 Å². The van der Waals surface area contributed by atoms with Crippen LogP contribution in [0.3, 0.4) is 0 Å².